The third-order valence-electron chi connectivity index (χ3n) is 3.02. The molecule has 0 saturated heterocycles. The first-order chi connectivity index (χ1) is 11.0. The van der Waals surface area contributed by atoms with Crippen LogP contribution in [0.25, 0.3) is 0 Å². The third-order valence-corrected chi connectivity index (χ3v) is 4.24. The molecular formula is C16H13ClN2O3S. The van der Waals surface area contributed by atoms with Gasteiger partial charge in [-0.05, 0) is 36.4 Å². The first-order valence-electron chi connectivity index (χ1n) is 6.65. The molecule has 0 saturated carbocycles. The number of halogens is 1. The summed E-state index contributed by atoms with van der Waals surface area (Å²) in [5.74, 6) is -0.910. The Morgan fingerprint density at radius 2 is 1.96 bits per heavy atom. The second-order valence-corrected chi connectivity index (χ2v) is 6.52. The predicted molar refractivity (Wildman–Crippen MR) is 87.2 cm³/mol. The van der Waals surface area contributed by atoms with E-state index in [9.17, 15) is 9.59 Å². The Labute approximate surface area is 142 Å². The number of esters is 1. The number of carbonyl (C=O) groups excluding carboxylic acids is 2. The molecule has 0 unspecified atom stereocenters. The van der Waals surface area contributed by atoms with Gasteiger partial charge in [0.05, 0.1) is 28.1 Å². The van der Waals surface area contributed by atoms with Crippen LogP contribution >= 0.6 is 22.9 Å². The number of hydrogen-bond donors (Lipinski definition) is 0. The van der Waals surface area contributed by atoms with Crippen LogP contribution in [0.1, 0.15) is 20.8 Å². The van der Waals surface area contributed by atoms with E-state index < -0.39 is 5.97 Å². The summed E-state index contributed by atoms with van der Waals surface area (Å²) in [6.45, 7) is 0.0685. The quantitative estimate of drug-likeness (QED) is 0.778. The van der Waals surface area contributed by atoms with Crippen molar-refractivity contribution in [2.24, 2.45) is 0 Å². The number of amides is 1. The van der Waals surface area contributed by atoms with Crippen LogP contribution in [-0.4, -0.2) is 30.4 Å². The monoisotopic (exact) mass is 348 g/mol. The average Bonchev–Trinajstić information content (AvgIpc) is 2.97. The summed E-state index contributed by atoms with van der Waals surface area (Å²) in [5, 5.41) is 8.70. The van der Waals surface area contributed by atoms with Gasteiger partial charge in [-0.2, -0.15) is 5.26 Å². The van der Waals surface area contributed by atoms with Gasteiger partial charge >= 0.3 is 5.97 Å². The van der Waals surface area contributed by atoms with E-state index in [2.05, 4.69) is 0 Å². The Kier molecular flexibility index (Phi) is 5.74. The predicted octanol–water partition coefficient (Wildman–Crippen LogP) is 3.09. The van der Waals surface area contributed by atoms with Gasteiger partial charge in [-0.1, -0.05) is 11.6 Å². The van der Waals surface area contributed by atoms with E-state index in [4.69, 9.17) is 21.6 Å². The summed E-state index contributed by atoms with van der Waals surface area (Å²) < 4.78 is 5.65. The van der Waals surface area contributed by atoms with Crippen LogP contribution in [0.4, 0.5) is 0 Å². The molecule has 0 aliphatic rings. The van der Waals surface area contributed by atoms with Crippen LogP contribution < -0.4 is 0 Å². The zero-order valence-electron chi connectivity index (χ0n) is 12.3. The van der Waals surface area contributed by atoms with Crippen LogP contribution in [0.2, 0.25) is 4.34 Å². The molecule has 0 spiro atoms. The number of ether oxygens (including phenoxy) is 1. The Bertz CT molecular complexity index is 749. The van der Waals surface area contributed by atoms with Crippen molar-refractivity contribution in [3.05, 3.63) is 56.7 Å². The first kappa shape index (κ1) is 17.0. The van der Waals surface area contributed by atoms with Crippen LogP contribution in [-0.2, 0) is 16.1 Å². The first-order valence-corrected chi connectivity index (χ1v) is 7.84. The second-order valence-electron chi connectivity index (χ2n) is 4.72. The van der Waals surface area contributed by atoms with Gasteiger partial charge < -0.3 is 9.64 Å². The number of thiophene rings is 1. The zero-order chi connectivity index (χ0) is 16.8. The number of rotatable bonds is 5. The molecule has 1 amide bonds. The van der Waals surface area contributed by atoms with E-state index in [0.717, 1.165) is 4.88 Å². The molecule has 2 aromatic rings. The lowest BCUT2D eigenvalue weighted by atomic mass is 10.1. The molecule has 0 atom stereocenters. The summed E-state index contributed by atoms with van der Waals surface area (Å²) >= 11 is 7.24. The second kappa shape index (κ2) is 7.77. The van der Waals surface area contributed by atoms with E-state index in [1.54, 1.807) is 13.1 Å². The summed E-state index contributed by atoms with van der Waals surface area (Å²) in [6, 6.07) is 11.6. The Morgan fingerprint density at radius 3 is 2.52 bits per heavy atom. The number of nitrogens with zero attached hydrogens (tertiary/aromatic N) is 2. The van der Waals surface area contributed by atoms with Gasteiger partial charge in [0.1, 0.15) is 0 Å². The summed E-state index contributed by atoms with van der Waals surface area (Å²) in [6.07, 6.45) is 0. The standard InChI is InChI=1S/C16H13ClN2O3S/c1-19(9-13-6-7-14(17)23-13)15(20)10-22-16(21)12-4-2-11(8-18)3-5-12/h2-7H,9-10H2,1H3. The van der Waals surface area contributed by atoms with Crippen molar-refractivity contribution in [3.63, 3.8) is 0 Å². The fraction of sp³-hybridized carbons (Fsp3) is 0.188. The zero-order valence-corrected chi connectivity index (χ0v) is 13.9. The van der Waals surface area contributed by atoms with Crippen molar-refractivity contribution < 1.29 is 14.3 Å². The Balaban J connectivity index is 1.85. The van der Waals surface area contributed by atoms with E-state index in [1.807, 2.05) is 12.1 Å². The molecule has 2 rings (SSSR count). The fourth-order valence-electron chi connectivity index (χ4n) is 1.76. The van der Waals surface area contributed by atoms with Crippen LogP contribution in [0.5, 0.6) is 0 Å². The number of nitriles is 1. The van der Waals surface area contributed by atoms with Gasteiger partial charge in [0.25, 0.3) is 5.91 Å². The maximum atomic E-state index is 12.0. The molecule has 0 radical (unpaired) electrons. The minimum absolute atomic E-state index is 0.296. The molecule has 0 N–H and O–H groups in total. The number of carbonyl (C=O) groups is 2. The summed E-state index contributed by atoms with van der Waals surface area (Å²) in [5.41, 5.74) is 0.747. The highest BCUT2D eigenvalue weighted by molar-refractivity contribution is 7.16. The number of hydrogen-bond acceptors (Lipinski definition) is 5. The van der Waals surface area contributed by atoms with Gasteiger partial charge in [-0.25, -0.2) is 4.79 Å². The minimum atomic E-state index is -0.601. The van der Waals surface area contributed by atoms with Crippen molar-refractivity contribution in [2.75, 3.05) is 13.7 Å². The van der Waals surface area contributed by atoms with E-state index in [-0.39, 0.29) is 12.5 Å². The van der Waals surface area contributed by atoms with Gasteiger partial charge in [0.15, 0.2) is 6.61 Å². The van der Waals surface area contributed by atoms with Crippen LogP contribution in [0.3, 0.4) is 0 Å². The largest absolute Gasteiger partial charge is 0.452 e. The molecule has 1 heterocycles. The molecule has 7 heteroatoms. The maximum Gasteiger partial charge on any atom is 0.338 e. The molecule has 118 valence electrons. The van der Waals surface area contributed by atoms with E-state index in [1.165, 1.54) is 40.5 Å². The van der Waals surface area contributed by atoms with Crippen molar-refractivity contribution in [1.82, 2.24) is 4.90 Å². The molecule has 0 aliphatic heterocycles. The molecule has 1 aromatic carbocycles. The topological polar surface area (TPSA) is 70.4 Å². The lowest BCUT2D eigenvalue weighted by molar-refractivity contribution is -0.133. The van der Waals surface area contributed by atoms with Crippen molar-refractivity contribution >= 4 is 34.8 Å². The smallest absolute Gasteiger partial charge is 0.338 e. The minimum Gasteiger partial charge on any atom is -0.452 e. The van der Waals surface area contributed by atoms with Gasteiger partial charge in [0.2, 0.25) is 0 Å². The molecule has 0 aliphatic carbocycles. The van der Waals surface area contributed by atoms with Crippen LogP contribution in [0, 0.1) is 11.3 Å². The summed E-state index contributed by atoms with van der Waals surface area (Å²) in [4.78, 5) is 26.2. The highest BCUT2D eigenvalue weighted by atomic mass is 35.5. The van der Waals surface area contributed by atoms with Crippen LogP contribution in [0.15, 0.2) is 36.4 Å². The van der Waals surface area contributed by atoms with Crippen molar-refractivity contribution in [2.45, 2.75) is 6.54 Å². The van der Waals surface area contributed by atoms with Gasteiger partial charge in [-0.15, -0.1) is 11.3 Å². The normalized spacial score (nSPS) is 9.96. The van der Waals surface area contributed by atoms with E-state index >= 15 is 0 Å². The van der Waals surface area contributed by atoms with Crippen molar-refractivity contribution in [1.29, 1.82) is 5.26 Å². The molecular weight excluding hydrogens is 336 g/mol. The Hall–Kier alpha value is -2.36. The van der Waals surface area contributed by atoms with Gasteiger partial charge in [0, 0.05) is 11.9 Å². The lowest BCUT2D eigenvalue weighted by Crippen LogP contribution is -2.30. The molecule has 1 aromatic heterocycles. The fourth-order valence-corrected chi connectivity index (χ4v) is 2.90. The SMILES string of the molecule is CN(Cc1ccc(Cl)s1)C(=O)COC(=O)c1ccc(C#N)cc1. The van der Waals surface area contributed by atoms with Gasteiger partial charge in [-0.3, -0.25) is 4.79 Å². The number of benzene rings is 1. The summed E-state index contributed by atoms with van der Waals surface area (Å²) in [7, 11) is 1.63. The highest BCUT2D eigenvalue weighted by Crippen LogP contribution is 2.22. The molecule has 0 fully saturated rings. The molecule has 23 heavy (non-hydrogen) atoms. The number of likely N-dealkylation sites (N-methyl/N-ethyl adjacent to an activating group) is 1. The average molecular weight is 349 g/mol. The third kappa shape index (κ3) is 4.81. The van der Waals surface area contributed by atoms with Crippen molar-refractivity contribution in [3.8, 4) is 6.07 Å². The maximum absolute atomic E-state index is 12.0. The highest BCUT2D eigenvalue weighted by Gasteiger charge is 2.14. The van der Waals surface area contributed by atoms with E-state index in [0.29, 0.717) is 22.0 Å². The lowest BCUT2D eigenvalue weighted by Gasteiger charge is -2.16. The molecule has 0 bridgehead atoms. The Morgan fingerprint density at radius 1 is 1.26 bits per heavy atom. The molecule has 5 nitrogen and oxygen atoms in total.